The van der Waals surface area contributed by atoms with Gasteiger partial charge in [0.05, 0.1) is 5.75 Å². The number of rotatable bonds is 3. The van der Waals surface area contributed by atoms with Gasteiger partial charge in [-0.05, 0) is 18.9 Å². The van der Waals surface area contributed by atoms with Crippen LogP contribution in [0, 0.1) is 0 Å². The van der Waals surface area contributed by atoms with Crippen molar-refractivity contribution in [2.45, 2.75) is 36.6 Å². The van der Waals surface area contributed by atoms with E-state index in [4.69, 9.17) is 9.84 Å². The molecule has 7 nitrogen and oxygen atoms in total. The van der Waals surface area contributed by atoms with E-state index in [9.17, 15) is 4.79 Å². The fourth-order valence-electron chi connectivity index (χ4n) is 3.15. The second-order valence-electron chi connectivity index (χ2n) is 5.90. The third-order valence-corrected chi connectivity index (χ3v) is 5.03. The van der Waals surface area contributed by atoms with Gasteiger partial charge in [-0.25, -0.2) is 0 Å². The Labute approximate surface area is 142 Å². The number of nitrogens with zero attached hydrogens (tertiary/aromatic N) is 3. The number of carboxylic acids is 1. The minimum absolute atomic E-state index is 0.111. The fourth-order valence-corrected chi connectivity index (χ4v) is 3.65. The average Bonchev–Trinajstić information content (AvgIpc) is 2.96. The number of ether oxygens (including phenoxy) is 1. The number of para-hydroxylation sites is 1. The number of anilines is 1. The molecule has 1 aliphatic heterocycles. The lowest BCUT2D eigenvalue weighted by Gasteiger charge is -2.30. The quantitative estimate of drug-likeness (QED) is 0.820. The molecule has 24 heavy (non-hydrogen) atoms. The normalized spacial score (nSPS) is 17.3. The Kier molecular flexibility index (Phi) is 3.76. The molecular weight excluding hydrogens is 328 g/mol. The highest BCUT2D eigenvalue weighted by atomic mass is 32.2. The predicted molar refractivity (Wildman–Crippen MR) is 89.1 cm³/mol. The topological polar surface area (TPSA) is 97.2 Å². The Hall–Kier alpha value is -2.35. The number of benzene rings is 1. The number of carbonyl (C=O) groups is 1. The first-order valence-corrected chi connectivity index (χ1v) is 8.80. The molecule has 1 aliphatic carbocycles. The Balaban J connectivity index is 1.78. The van der Waals surface area contributed by atoms with Gasteiger partial charge in [-0.2, -0.15) is 4.98 Å². The van der Waals surface area contributed by atoms with Crippen LogP contribution in [0.25, 0.3) is 11.3 Å². The van der Waals surface area contributed by atoms with Crippen molar-refractivity contribution in [1.82, 2.24) is 15.2 Å². The van der Waals surface area contributed by atoms with Crippen LogP contribution in [0.3, 0.4) is 0 Å². The summed E-state index contributed by atoms with van der Waals surface area (Å²) in [6.07, 6.45) is 3.96. The Morgan fingerprint density at radius 1 is 1.29 bits per heavy atom. The first kappa shape index (κ1) is 15.2. The van der Waals surface area contributed by atoms with E-state index in [2.05, 4.69) is 20.5 Å². The molecule has 124 valence electrons. The summed E-state index contributed by atoms with van der Waals surface area (Å²) in [4.78, 5) is 15.2. The van der Waals surface area contributed by atoms with E-state index in [0.29, 0.717) is 16.7 Å². The standard InChI is InChI=1S/C16H16N4O3S/c21-12(22)9-24-15-17-14-13(19-20-15)10-5-1-2-6-11(10)18-16(23-14)7-3-4-8-16/h1-2,5-6,18H,3-4,7-9H2,(H,21,22). The number of aliphatic carboxylic acids is 1. The van der Waals surface area contributed by atoms with E-state index in [1.165, 1.54) is 0 Å². The van der Waals surface area contributed by atoms with Gasteiger partial charge >= 0.3 is 5.97 Å². The highest BCUT2D eigenvalue weighted by molar-refractivity contribution is 7.99. The summed E-state index contributed by atoms with van der Waals surface area (Å²) in [5.41, 5.74) is 1.96. The van der Waals surface area contributed by atoms with Crippen LogP contribution >= 0.6 is 11.8 Å². The molecule has 0 bridgehead atoms. The molecule has 2 heterocycles. The minimum Gasteiger partial charge on any atom is -0.481 e. The van der Waals surface area contributed by atoms with Gasteiger partial charge in [-0.3, -0.25) is 4.79 Å². The van der Waals surface area contributed by atoms with Gasteiger partial charge in [0.25, 0.3) is 0 Å². The van der Waals surface area contributed by atoms with Gasteiger partial charge in [0, 0.05) is 24.1 Å². The summed E-state index contributed by atoms with van der Waals surface area (Å²) in [6, 6.07) is 7.87. The third-order valence-electron chi connectivity index (χ3n) is 4.21. The molecule has 2 N–H and O–H groups in total. The molecule has 0 radical (unpaired) electrons. The molecule has 1 spiro atoms. The minimum atomic E-state index is -0.918. The maximum absolute atomic E-state index is 10.7. The summed E-state index contributed by atoms with van der Waals surface area (Å²) >= 11 is 1.04. The third kappa shape index (κ3) is 2.77. The van der Waals surface area contributed by atoms with Crippen molar-refractivity contribution in [2.24, 2.45) is 0 Å². The molecule has 0 saturated heterocycles. The van der Waals surface area contributed by atoms with Gasteiger partial charge < -0.3 is 15.2 Å². The van der Waals surface area contributed by atoms with E-state index in [1.807, 2.05) is 24.3 Å². The van der Waals surface area contributed by atoms with Gasteiger partial charge in [-0.1, -0.05) is 30.0 Å². The lowest BCUT2D eigenvalue weighted by molar-refractivity contribution is -0.133. The maximum Gasteiger partial charge on any atom is 0.313 e. The van der Waals surface area contributed by atoms with Crippen LogP contribution in [0.15, 0.2) is 29.4 Å². The van der Waals surface area contributed by atoms with Gasteiger partial charge in [0.1, 0.15) is 0 Å². The van der Waals surface area contributed by atoms with Crippen LogP contribution in [0.5, 0.6) is 5.88 Å². The average molecular weight is 344 g/mol. The van der Waals surface area contributed by atoms with Crippen LogP contribution in [0.2, 0.25) is 0 Å². The molecule has 0 atom stereocenters. The first-order valence-electron chi connectivity index (χ1n) is 7.81. The number of hydrogen-bond acceptors (Lipinski definition) is 7. The fraction of sp³-hybridized carbons (Fsp3) is 0.375. The number of nitrogens with one attached hydrogen (secondary N) is 1. The van der Waals surface area contributed by atoms with Gasteiger partial charge in [0.2, 0.25) is 11.0 Å². The summed E-state index contributed by atoms with van der Waals surface area (Å²) < 4.78 is 6.25. The highest BCUT2D eigenvalue weighted by Gasteiger charge is 2.40. The molecule has 0 unspecified atom stereocenters. The second kappa shape index (κ2) is 5.94. The number of aromatic nitrogens is 3. The smallest absolute Gasteiger partial charge is 0.313 e. The van der Waals surface area contributed by atoms with Gasteiger partial charge in [-0.15, -0.1) is 10.2 Å². The van der Waals surface area contributed by atoms with E-state index >= 15 is 0 Å². The van der Waals surface area contributed by atoms with Crippen molar-refractivity contribution in [3.05, 3.63) is 24.3 Å². The molecule has 2 aliphatic rings. The number of thioether (sulfide) groups is 1. The first-order chi connectivity index (χ1) is 11.7. The van der Waals surface area contributed by atoms with Crippen molar-refractivity contribution in [1.29, 1.82) is 0 Å². The number of carboxylic acid groups (broad SMARTS) is 1. The van der Waals surface area contributed by atoms with Crippen LogP contribution < -0.4 is 10.1 Å². The molecule has 0 amide bonds. The monoisotopic (exact) mass is 344 g/mol. The van der Waals surface area contributed by atoms with E-state index in [-0.39, 0.29) is 5.75 Å². The summed E-state index contributed by atoms with van der Waals surface area (Å²) in [7, 11) is 0. The molecule has 2 aromatic rings. The predicted octanol–water partition coefficient (Wildman–Crippen LogP) is 2.79. The summed E-state index contributed by atoms with van der Waals surface area (Å²) in [5.74, 6) is -0.614. The molecule has 1 aromatic carbocycles. The maximum atomic E-state index is 10.7. The zero-order valence-electron chi connectivity index (χ0n) is 12.9. The van der Waals surface area contributed by atoms with Crippen LogP contribution in [-0.4, -0.2) is 37.7 Å². The molecule has 4 rings (SSSR count). The summed E-state index contributed by atoms with van der Waals surface area (Å²) in [5, 5.41) is 21.0. The lowest BCUT2D eigenvalue weighted by Crippen LogP contribution is -2.41. The largest absolute Gasteiger partial charge is 0.481 e. The molecule has 8 heteroatoms. The zero-order valence-corrected chi connectivity index (χ0v) is 13.7. The Bertz CT molecular complexity index is 793. The Morgan fingerprint density at radius 2 is 2.08 bits per heavy atom. The number of hydrogen-bond donors (Lipinski definition) is 2. The van der Waals surface area contributed by atoms with Crippen LogP contribution in [0.4, 0.5) is 5.69 Å². The molecule has 1 saturated carbocycles. The highest BCUT2D eigenvalue weighted by Crippen LogP contribution is 2.43. The van der Waals surface area contributed by atoms with Crippen LogP contribution in [0.1, 0.15) is 25.7 Å². The summed E-state index contributed by atoms with van der Waals surface area (Å²) in [6.45, 7) is 0. The van der Waals surface area contributed by atoms with Crippen molar-refractivity contribution in [3.8, 4) is 17.1 Å². The van der Waals surface area contributed by atoms with Crippen LogP contribution in [-0.2, 0) is 4.79 Å². The lowest BCUT2D eigenvalue weighted by atomic mass is 10.1. The Morgan fingerprint density at radius 3 is 2.88 bits per heavy atom. The van der Waals surface area contributed by atoms with E-state index in [0.717, 1.165) is 48.7 Å². The number of fused-ring (bicyclic) bond motifs is 3. The SMILES string of the molecule is O=C(O)CSc1nnc2c(n1)OC1(CCCC1)Nc1ccccc1-2. The van der Waals surface area contributed by atoms with Crippen molar-refractivity contribution < 1.29 is 14.6 Å². The van der Waals surface area contributed by atoms with Crippen molar-refractivity contribution >= 4 is 23.4 Å². The molecule has 1 fully saturated rings. The molecular formula is C16H16N4O3S. The zero-order chi connectivity index (χ0) is 16.6. The van der Waals surface area contributed by atoms with E-state index in [1.54, 1.807) is 0 Å². The van der Waals surface area contributed by atoms with Crippen molar-refractivity contribution in [2.75, 3.05) is 11.1 Å². The van der Waals surface area contributed by atoms with E-state index < -0.39 is 11.7 Å². The van der Waals surface area contributed by atoms with Crippen molar-refractivity contribution in [3.63, 3.8) is 0 Å². The van der Waals surface area contributed by atoms with Gasteiger partial charge in [0.15, 0.2) is 11.4 Å². The second-order valence-corrected chi connectivity index (χ2v) is 6.85. The molecule has 1 aromatic heterocycles.